The van der Waals surface area contributed by atoms with Crippen LogP contribution in [0.1, 0.15) is 17.0 Å². The highest BCUT2D eigenvalue weighted by Gasteiger charge is 2.22. The number of halogens is 3. The molecule has 0 spiro atoms. The Bertz CT molecular complexity index is 1090. The first-order chi connectivity index (χ1) is 12.7. The lowest BCUT2D eigenvalue weighted by molar-refractivity contribution is 0.601. The highest BCUT2D eigenvalue weighted by Crippen LogP contribution is 2.29. The fraction of sp³-hybridized carbons (Fsp3) is 0.167. The summed E-state index contributed by atoms with van der Waals surface area (Å²) in [5, 5.41) is 5.47. The SMILES string of the molecule is Cc1nn(Cc2ccc(Cl)cc2)c(C)c1NS(=O)(=O)c1cc(Cl)ccc1Cl. The van der Waals surface area contributed by atoms with Gasteiger partial charge in [0.15, 0.2) is 0 Å². The third kappa shape index (κ3) is 4.41. The van der Waals surface area contributed by atoms with Gasteiger partial charge in [0.2, 0.25) is 0 Å². The molecule has 1 N–H and O–H groups in total. The van der Waals surface area contributed by atoms with Gasteiger partial charge in [0.1, 0.15) is 4.90 Å². The maximum Gasteiger partial charge on any atom is 0.263 e. The molecule has 0 fully saturated rings. The number of hydrogen-bond acceptors (Lipinski definition) is 3. The molecule has 0 aliphatic rings. The minimum atomic E-state index is -3.91. The van der Waals surface area contributed by atoms with E-state index in [0.29, 0.717) is 28.6 Å². The van der Waals surface area contributed by atoms with Crippen molar-refractivity contribution in [2.45, 2.75) is 25.3 Å². The second-order valence-corrected chi connectivity index (χ2v) is 8.94. The molecule has 0 unspecified atom stereocenters. The van der Waals surface area contributed by atoms with Gasteiger partial charge in [0.05, 0.1) is 28.6 Å². The van der Waals surface area contributed by atoms with Crippen LogP contribution in [0.4, 0.5) is 5.69 Å². The number of rotatable bonds is 5. The predicted octanol–water partition coefficient (Wildman–Crippen LogP) is 5.31. The molecule has 2 aromatic carbocycles. The largest absolute Gasteiger partial charge is 0.276 e. The lowest BCUT2D eigenvalue weighted by Gasteiger charge is -2.11. The van der Waals surface area contributed by atoms with Crippen molar-refractivity contribution in [1.29, 1.82) is 0 Å². The van der Waals surface area contributed by atoms with E-state index in [2.05, 4.69) is 9.82 Å². The summed E-state index contributed by atoms with van der Waals surface area (Å²) >= 11 is 17.9. The van der Waals surface area contributed by atoms with Crippen molar-refractivity contribution in [1.82, 2.24) is 9.78 Å². The van der Waals surface area contributed by atoms with E-state index in [9.17, 15) is 8.42 Å². The molecule has 0 aliphatic heterocycles. The molecule has 27 heavy (non-hydrogen) atoms. The highest BCUT2D eigenvalue weighted by atomic mass is 35.5. The number of hydrogen-bond donors (Lipinski definition) is 1. The fourth-order valence-corrected chi connectivity index (χ4v) is 4.70. The summed E-state index contributed by atoms with van der Waals surface area (Å²) in [7, 11) is -3.91. The molecule has 1 heterocycles. The third-order valence-electron chi connectivity index (χ3n) is 4.05. The first-order valence-electron chi connectivity index (χ1n) is 7.93. The summed E-state index contributed by atoms with van der Waals surface area (Å²) in [6.07, 6.45) is 0. The topological polar surface area (TPSA) is 64.0 Å². The molecule has 0 radical (unpaired) electrons. The van der Waals surface area contributed by atoms with E-state index >= 15 is 0 Å². The molecular formula is C18H16Cl3N3O2S. The Labute approximate surface area is 172 Å². The molecule has 0 bridgehead atoms. The Hall–Kier alpha value is -1.73. The molecule has 0 saturated carbocycles. The van der Waals surface area contributed by atoms with Gasteiger partial charge in [-0.25, -0.2) is 8.42 Å². The second kappa shape index (κ2) is 7.72. The van der Waals surface area contributed by atoms with Crippen LogP contribution in [-0.4, -0.2) is 18.2 Å². The maximum atomic E-state index is 12.8. The van der Waals surface area contributed by atoms with E-state index in [0.717, 1.165) is 5.56 Å². The van der Waals surface area contributed by atoms with Crippen molar-refractivity contribution in [3.8, 4) is 0 Å². The van der Waals surface area contributed by atoms with Gasteiger partial charge in [0, 0.05) is 10.0 Å². The van der Waals surface area contributed by atoms with Crippen LogP contribution >= 0.6 is 34.8 Å². The first-order valence-corrected chi connectivity index (χ1v) is 10.6. The number of sulfonamides is 1. The molecule has 5 nitrogen and oxygen atoms in total. The first kappa shape index (κ1) is 20.0. The molecule has 0 amide bonds. The van der Waals surface area contributed by atoms with E-state index in [1.165, 1.54) is 18.2 Å². The average molecular weight is 445 g/mol. The third-order valence-corrected chi connectivity index (χ3v) is 6.36. The van der Waals surface area contributed by atoms with Gasteiger partial charge >= 0.3 is 0 Å². The summed E-state index contributed by atoms with van der Waals surface area (Å²) in [4.78, 5) is -0.0825. The van der Waals surface area contributed by atoms with Crippen LogP contribution in [-0.2, 0) is 16.6 Å². The molecule has 0 atom stereocenters. The number of aromatic nitrogens is 2. The van der Waals surface area contributed by atoms with E-state index in [1.807, 2.05) is 12.1 Å². The normalized spacial score (nSPS) is 11.6. The van der Waals surface area contributed by atoms with Crippen LogP contribution in [0.5, 0.6) is 0 Å². The summed E-state index contributed by atoms with van der Waals surface area (Å²) in [6.45, 7) is 4.03. The van der Waals surface area contributed by atoms with E-state index in [-0.39, 0.29) is 14.9 Å². The van der Waals surface area contributed by atoms with Crippen LogP contribution in [0.2, 0.25) is 15.1 Å². The summed E-state index contributed by atoms with van der Waals surface area (Å²) in [5.41, 5.74) is 2.66. The molecule has 0 aliphatic carbocycles. The van der Waals surface area contributed by atoms with E-state index < -0.39 is 10.0 Å². The van der Waals surface area contributed by atoms with Crippen LogP contribution < -0.4 is 4.72 Å². The van der Waals surface area contributed by atoms with Crippen molar-refractivity contribution in [3.63, 3.8) is 0 Å². The Kier molecular flexibility index (Phi) is 5.72. The number of benzene rings is 2. The number of aryl methyl sites for hydroxylation is 1. The van der Waals surface area contributed by atoms with Gasteiger partial charge in [0.25, 0.3) is 10.0 Å². The molecular weight excluding hydrogens is 429 g/mol. The second-order valence-electron chi connectivity index (χ2n) is 6.01. The number of nitrogens with one attached hydrogen (secondary N) is 1. The van der Waals surface area contributed by atoms with Crippen LogP contribution in [0, 0.1) is 13.8 Å². The van der Waals surface area contributed by atoms with Crippen LogP contribution in [0.25, 0.3) is 0 Å². The minimum absolute atomic E-state index is 0.0825. The minimum Gasteiger partial charge on any atom is -0.276 e. The lowest BCUT2D eigenvalue weighted by Crippen LogP contribution is -2.15. The Morgan fingerprint density at radius 2 is 1.63 bits per heavy atom. The molecule has 1 aromatic heterocycles. The van der Waals surface area contributed by atoms with Gasteiger partial charge in [-0.2, -0.15) is 5.10 Å². The zero-order valence-electron chi connectivity index (χ0n) is 14.5. The smallest absolute Gasteiger partial charge is 0.263 e. The van der Waals surface area contributed by atoms with Gasteiger partial charge in [-0.1, -0.05) is 46.9 Å². The summed E-state index contributed by atoms with van der Waals surface area (Å²) < 4.78 is 29.9. The predicted molar refractivity (Wildman–Crippen MR) is 110 cm³/mol. The van der Waals surface area contributed by atoms with Crippen molar-refractivity contribution >= 4 is 50.5 Å². The highest BCUT2D eigenvalue weighted by molar-refractivity contribution is 7.92. The van der Waals surface area contributed by atoms with Crippen LogP contribution in [0.3, 0.4) is 0 Å². The summed E-state index contributed by atoms with van der Waals surface area (Å²) in [5.74, 6) is 0. The monoisotopic (exact) mass is 443 g/mol. The van der Waals surface area contributed by atoms with Gasteiger partial charge in [-0.15, -0.1) is 0 Å². The van der Waals surface area contributed by atoms with Crippen molar-refractivity contribution in [3.05, 3.63) is 74.5 Å². The Balaban J connectivity index is 1.92. The van der Waals surface area contributed by atoms with Crippen molar-refractivity contribution < 1.29 is 8.42 Å². The Morgan fingerprint density at radius 3 is 2.30 bits per heavy atom. The lowest BCUT2D eigenvalue weighted by atomic mass is 10.2. The number of nitrogens with zero attached hydrogens (tertiary/aromatic N) is 2. The molecule has 3 aromatic rings. The number of anilines is 1. The van der Waals surface area contributed by atoms with Gasteiger partial charge in [-0.3, -0.25) is 9.40 Å². The van der Waals surface area contributed by atoms with E-state index in [4.69, 9.17) is 34.8 Å². The Morgan fingerprint density at radius 1 is 1.00 bits per heavy atom. The zero-order chi connectivity index (χ0) is 19.8. The molecule has 0 saturated heterocycles. The maximum absolute atomic E-state index is 12.8. The van der Waals surface area contributed by atoms with Gasteiger partial charge in [-0.05, 0) is 49.7 Å². The standard InChI is InChI=1S/C18H16Cl3N3O2S/c1-11-18(23-27(25,26)17-9-15(20)7-8-16(17)21)12(2)24(22-11)10-13-3-5-14(19)6-4-13/h3-9,23H,10H2,1-2H3. The van der Waals surface area contributed by atoms with Gasteiger partial charge < -0.3 is 0 Å². The molecule has 142 valence electrons. The van der Waals surface area contributed by atoms with E-state index in [1.54, 1.807) is 30.7 Å². The quantitative estimate of drug-likeness (QED) is 0.580. The molecule has 3 rings (SSSR count). The average Bonchev–Trinajstić information content (AvgIpc) is 2.86. The molecule has 9 heteroatoms. The van der Waals surface area contributed by atoms with Crippen LogP contribution in [0.15, 0.2) is 47.4 Å². The summed E-state index contributed by atoms with van der Waals surface area (Å²) in [6, 6.07) is 11.7. The van der Waals surface area contributed by atoms with Crippen molar-refractivity contribution in [2.24, 2.45) is 0 Å². The fourth-order valence-electron chi connectivity index (χ4n) is 2.63. The zero-order valence-corrected chi connectivity index (χ0v) is 17.6. The van der Waals surface area contributed by atoms with Crippen molar-refractivity contribution in [2.75, 3.05) is 4.72 Å².